The molecule has 0 fully saturated rings. The number of ether oxygens (including phenoxy) is 1. The lowest BCUT2D eigenvalue weighted by atomic mass is 10.1. The standard InChI is InChI=1S/C24H21FN2O5S/c1-14-8-9-16(12-22(14)33(29,30)27-20-7-5-4-6-19(20)25)26-24(28)23-15(2)18-13-17(31-3)10-11-21(18)32-23/h4-13,27H,1-3H3,(H,26,28). The van der Waals surface area contributed by atoms with Crippen LogP contribution in [0.3, 0.4) is 0 Å². The van der Waals surface area contributed by atoms with E-state index in [0.717, 1.165) is 11.5 Å². The number of hydrogen-bond donors (Lipinski definition) is 2. The molecular formula is C24H21FN2O5S. The molecule has 0 radical (unpaired) electrons. The van der Waals surface area contributed by atoms with Gasteiger partial charge in [0, 0.05) is 16.6 Å². The van der Waals surface area contributed by atoms with Crippen molar-refractivity contribution in [2.75, 3.05) is 17.1 Å². The minimum absolute atomic E-state index is 0.0883. The van der Waals surface area contributed by atoms with Crippen LogP contribution in [0.25, 0.3) is 11.0 Å². The monoisotopic (exact) mass is 468 g/mol. The first-order chi connectivity index (χ1) is 15.7. The number of para-hydroxylation sites is 1. The number of furan rings is 1. The SMILES string of the molecule is COc1ccc2oc(C(=O)Nc3ccc(C)c(S(=O)(=O)Nc4ccccc4F)c3)c(C)c2c1. The first-order valence-corrected chi connectivity index (χ1v) is 11.4. The second-order valence-corrected chi connectivity index (χ2v) is 9.09. The number of halogens is 1. The quantitative estimate of drug-likeness (QED) is 0.403. The van der Waals surface area contributed by atoms with Crippen molar-refractivity contribution in [3.63, 3.8) is 0 Å². The zero-order valence-electron chi connectivity index (χ0n) is 18.1. The number of carbonyl (C=O) groups excluding carboxylic acids is 1. The number of amides is 1. The molecule has 7 nitrogen and oxygen atoms in total. The maximum atomic E-state index is 13.9. The minimum atomic E-state index is -4.10. The van der Waals surface area contributed by atoms with Gasteiger partial charge >= 0.3 is 0 Å². The van der Waals surface area contributed by atoms with Crippen molar-refractivity contribution in [2.45, 2.75) is 18.7 Å². The molecule has 0 spiro atoms. The summed E-state index contributed by atoms with van der Waals surface area (Å²) in [6.07, 6.45) is 0. The van der Waals surface area contributed by atoms with Gasteiger partial charge in [-0.3, -0.25) is 9.52 Å². The first-order valence-electron chi connectivity index (χ1n) is 9.96. The van der Waals surface area contributed by atoms with Crippen LogP contribution in [0.4, 0.5) is 15.8 Å². The number of rotatable bonds is 6. The van der Waals surface area contributed by atoms with Crippen LogP contribution in [-0.4, -0.2) is 21.4 Å². The number of carbonyl (C=O) groups is 1. The fourth-order valence-corrected chi connectivity index (χ4v) is 4.78. The Hall–Kier alpha value is -3.85. The van der Waals surface area contributed by atoms with Crippen molar-refractivity contribution in [2.24, 2.45) is 0 Å². The highest BCUT2D eigenvalue weighted by molar-refractivity contribution is 7.92. The van der Waals surface area contributed by atoms with Crippen LogP contribution in [-0.2, 0) is 10.0 Å². The van der Waals surface area contributed by atoms with Gasteiger partial charge in [-0.05, 0) is 61.9 Å². The molecule has 0 unspecified atom stereocenters. The lowest BCUT2D eigenvalue weighted by Crippen LogP contribution is -2.17. The number of methoxy groups -OCH3 is 1. The van der Waals surface area contributed by atoms with Gasteiger partial charge in [-0.2, -0.15) is 0 Å². The van der Waals surface area contributed by atoms with Gasteiger partial charge in [0.15, 0.2) is 5.76 Å². The molecule has 2 N–H and O–H groups in total. The summed E-state index contributed by atoms with van der Waals surface area (Å²) in [5, 5.41) is 3.41. The van der Waals surface area contributed by atoms with E-state index >= 15 is 0 Å². The Balaban J connectivity index is 1.63. The van der Waals surface area contributed by atoms with Crippen LogP contribution in [0.2, 0.25) is 0 Å². The average molecular weight is 469 g/mol. The number of anilines is 2. The molecular weight excluding hydrogens is 447 g/mol. The van der Waals surface area contributed by atoms with Crippen molar-refractivity contribution in [1.29, 1.82) is 0 Å². The molecule has 0 bridgehead atoms. The third kappa shape index (κ3) is 4.40. The maximum absolute atomic E-state index is 13.9. The summed E-state index contributed by atoms with van der Waals surface area (Å²) in [7, 11) is -2.55. The van der Waals surface area contributed by atoms with E-state index in [0.29, 0.717) is 22.5 Å². The second-order valence-electron chi connectivity index (χ2n) is 7.44. The molecule has 33 heavy (non-hydrogen) atoms. The lowest BCUT2D eigenvalue weighted by molar-refractivity contribution is 0.0998. The molecule has 4 aromatic rings. The Labute approximate surface area is 190 Å². The van der Waals surface area contributed by atoms with E-state index in [2.05, 4.69) is 10.0 Å². The largest absolute Gasteiger partial charge is 0.497 e. The van der Waals surface area contributed by atoms with Crippen LogP contribution in [0.1, 0.15) is 21.7 Å². The summed E-state index contributed by atoms with van der Waals surface area (Å²) in [6, 6.07) is 15.1. The van der Waals surface area contributed by atoms with Crippen molar-refractivity contribution in [3.8, 4) is 5.75 Å². The molecule has 0 aliphatic heterocycles. The fourth-order valence-electron chi connectivity index (χ4n) is 3.44. The first kappa shape index (κ1) is 22.3. The third-order valence-corrected chi connectivity index (χ3v) is 6.71. The summed E-state index contributed by atoms with van der Waals surface area (Å²) in [6.45, 7) is 3.36. The summed E-state index contributed by atoms with van der Waals surface area (Å²) in [4.78, 5) is 12.8. The number of hydrogen-bond acceptors (Lipinski definition) is 5. The fraction of sp³-hybridized carbons (Fsp3) is 0.125. The van der Waals surface area contributed by atoms with E-state index in [1.165, 1.54) is 24.3 Å². The molecule has 0 saturated carbocycles. The van der Waals surface area contributed by atoms with Gasteiger partial charge in [-0.1, -0.05) is 18.2 Å². The van der Waals surface area contributed by atoms with Gasteiger partial charge < -0.3 is 14.5 Å². The Morgan fingerprint density at radius 3 is 2.52 bits per heavy atom. The number of aryl methyl sites for hydroxylation is 2. The van der Waals surface area contributed by atoms with E-state index in [1.807, 2.05) is 0 Å². The minimum Gasteiger partial charge on any atom is -0.497 e. The van der Waals surface area contributed by atoms with Crippen molar-refractivity contribution < 1.29 is 26.8 Å². The molecule has 0 aliphatic rings. The van der Waals surface area contributed by atoms with Crippen LogP contribution in [0, 0.1) is 19.7 Å². The molecule has 0 atom stereocenters. The predicted octanol–water partition coefficient (Wildman–Crippen LogP) is 5.25. The molecule has 1 aromatic heterocycles. The van der Waals surface area contributed by atoms with Gasteiger partial charge in [-0.25, -0.2) is 12.8 Å². The second kappa shape index (κ2) is 8.59. The van der Waals surface area contributed by atoms with Crippen molar-refractivity contribution in [3.05, 3.63) is 83.4 Å². The number of sulfonamides is 1. The summed E-state index contributed by atoms with van der Waals surface area (Å²) >= 11 is 0. The highest BCUT2D eigenvalue weighted by atomic mass is 32.2. The van der Waals surface area contributed by atoms with Crippen LogP contribution in [0.15, 0.2) is 70.0 Å². The summed E-state index contributed by atoms with van der Waals surface area (Å²) in [5.74, 6) is -0.487. The normalized spacial score (nSPS) is 11.4. The highest BCUT2D eigenvalue weighted by Crippen LogP contribution is 2.30. The molecule has 170 valence electrons. The molecule has 1 amide bonds. The van der Waals surface area contributed by atoms with Crippen LogP contribution >= 0.6 is 0 Å². The zero-order valence-corrected chi connectivity index (χ0v) is 18.9. The Kier molecular flexibility index (Phi) is 5.82. The molecule has 3 aromatic carbocycles. The highest BCUT2D eigenvalue weighted by Gasteiger charge is 2.22. The van der Waals surface area contributed by atoms with Crippen LogP contribution in [0.5, 0.6) is 5.75 Å². The van der Waals surface area contributed by atoms with Crippen molar-refractivity contribution >= 4 is 38.3 Å². The topological polar surface area (TPSA) is 97.6 Å². The Bertz CT molecular complexity index is 1480. The summed E-state index contributed by atoms with van der Waals surface area (Å²) in [5.41, 5.74) is 1.67. The Morgan fingerprint density at radius 1 is 1.03 bits per heavy atom. The summed E-state index contributed by atoms with van der Waals surface area (Å²) < 4.78 is 52.9. The van der Waals surface area contributed by atoms with Gasteiger partial charge in [0.05, 0.1) is 17.7 Å². The number of nitrogens with one attached hydrogen (secondary N) is 2. The smallest absolute Gasteiger partial charge is 0.291 e. The van der Waals surface area contributed by atoms with E-state index in [9.17, 15) is 17.6 Å². The zero-order chi connectivity index (χ0) is 23.8. The average Bonchev–Trinajstić information content (AvgIpc) is 3.12. The van der Waals surface area contributed by atoms with E-state index in [4.69, 9.17) is 9.15 Å². The molecule has 1 heterocycles. The molecule has 4 rings (SSSR count). The Morgan fingerprint density at radius 2 is 1.79 bits per heavy atom. The van der Waals surface area contributed by atoms with Crippen LogP contribution < -0.4 is 14.8 Å². The van der Waals surface area contributed by atoms with Crippen molar-refractivity contribution in [1.82, 2.24) is 0 Å². The van der Waals surface area contributed by atoms with E-state index in [-0.39, 0.29) is 22.0 Å². The van der Waals surface area contributed by atoms with Gasteiger partial charge in [0.2, 0.25) is 0 Å². The molecule has 0 saturated heterocycles. The number of fused-ring (bicyclic) bond motifs is 1. The van der Waals surface area contributed by atoms with Gasteiger partial charge in [0.1, 0.15) is 17.1 Å². The van der Waals surface area contributed by atoms with Gasteiger partial charge in [-0.15, -0.1) is 0 Å². The molecule has 0 aliphatic carbocycles. The van der Waals surface area contributed by atoms with Gasteiger partial charge in [0.25, 0.3) is 15.9 Å². The lowest BCUT2D eigenvalue weighted by Gasteiger charge is -2.13. The maximum Gasteiger partial charge on any atom is 0.291 e. The van der Waals surface area contributed by atoms with E-state index < -0.39 is 21.7 Å². The number of benzene rings is 3. The van der Waals surface area contributed by atoms with E-state index in [1.54, 1.807) is 51.3 Å². The predicted molar refractivity (Wildman–Crippen MR) is 124 cm³/mol. The third-order valence-electron chi connectivity index (χ3n) is 5.20. The molecule has 9 heteroatoms.